The van der Waals surface area contributed by atoms with Gasteiger partial charge in [-0.2, -0.15) is 0 Å². The van der Waals surface area contributed by atoms with Crippen LogP contribution in [0.25, 0.3) is 11.3 Å². The van der Waals surface area contributed by atoms with Crippen LogP contribution >= 0.6 is 11.8 Å². The fraction of sp³-hybridized carbons (Fsp3) is 0.222. The topological polar surface area (TPSA) is 58.5 Å². The van der Waals surface area contributed by atoms with Gasteiger partial charge in [0.25, 0.3) is 0 Å². The minimum atomic E-state index is -0.384. The lowest BCUT2D eigenvalue weighted by molar-refractivity contribution is 0.0559. The van der Waals surface area contributed by atoms with E-state index in [1.807, 2.05) is 37.7 Å². The molecule has 1 saturated heterocycles. The van der Waals surface area contributed by atoms with Crippen LogP contribution in [0.2, 0.25) is 0 Å². The molecule has 5 aromatic rings. The molecule has 0 bridgehead atoms. The van der Waals surface area contributed by atoms with Crippen molar-refractivity contribution in [3.8, 4) is 17.0 Å². The second-order valence-corrected chi connectivity index (χ2v) is 12.0. The maximum absolute atomic E-state index is 10.6. The maximum Gasteiger partial charge on any atom is 0.151 e. The molecule has 1 fully saturated rings. The zero-order valence-corrected chi connectivity index (χ0v) is 24.8. The summed E-state index contributed by atoms with van der Waals surface area (Å²) >= 11 is 1.92. The predicted octanol–water partition coefficient (Wildman–Crippen LogP) is 7.40. The monoisotopic (exact) mass is 573 g/mol. The quantitative estimate of drug-likeness (QED) is 0.195. The van der Waals surface area contributed by atoms with Gasteiger partial charge < -0.3 is 14.7 Å². The van der Waals surface area contributed by atoms with Crippen molar-refractivity contribution in [2.24, 2.45) is 0 Å². The van der Waals surface area contributed by atoms with Gasteiger partial charge in [-0.1, -0.05) is 97.1 Å². The molecule has 0 saturated carbocycles. The van der Waals surface area contributed by atoms with Gasteiger partial charge in [-0.05, 0) is 59.9 Å². The standard InChI is InChI=1S/C36H35N3O2S/c1-26-22-27(2)35(33(40)23-26)32-18-19-34(38-37-32)39-20-21-41-31(24-39)25-42-36(28-12-6-3-7-13-28,29-14-8-4-9-15-29)30-16-10-5-11-17-30/h3-19,22-23,31,40H,20-21,24-25H2,1-2H3/t31-/m0/s1. The number of phenols is 1. The Morgan fingerprint density at radius 3 is 1.93 bits per heavy atom. The zero-order valence-electron chi connectivity index (χ0n) is 24.0. The highest BCUT2D eigenvalue weighted by Crippen LogP contribution is 2.49. The van der Waals surface area contributed by atoms with Gasteiger partial charge in [-0.3, -0.25) is 0 Å². The molecule has 2 heterocycles. The van der Waals surface area contributed by atoms with Crippen molar-refractivity contribution in [3.63, 3.8) is 0 Å². The van der Waals surface area contributed by atoms with Gasteiger partial charge in [-0.25, -0.2) is 0 Å². The van der Waals surface area contributed by atoms with Crippen LogP contribution in [0.15, 0.2) is 115 Å². The Morgan fingerprint density at radius 1 is 0.810 bits per heavy atom. The van der Waals surface area contributed by atoms with Crippen LogP contribution < -0.4 is 4.90 Å². The van der Waals surface area contributed by atoms with E-state index in [2.05, 4.69) is 112 Å². The number of nitrogens with zero attached hydrogens (tertiary/aromatic N) is 3. The number of benzene rings is 4. The molecule has 1 N–H and O–H groups in total. The Labute approximate surface area is 252 Å². The summed E-state index contributed by atoms with van der Waals surface area (Å²) in [6.07, 6.45) is 0.0177. The van der Waals surface area contributed by atoms with E-state index in [9.17, 15) is 5.11 Å². The molecular formula is C36H35N3O2S. The van der Waals surface area contributed by atoms with Crippen LogP contribution in [-0.2, 0) is 9.48 Å². The fourth-order valence-corrected chi connectivity index (χ4v) is 7.47. The molecule has 4 aromatic carbocycles. The molecule has 1 aliphatic heterocycles. The molecule has 42 heavy (non-hydrogen) atoms. The molecule has 0 amide bonds. The number of phenolic OH excluding ortho intramolecular Hbond substituents is 1. The third-order valence-corrected chi connectivity index (χ3v) is 9.53. The molecular weight excluding hydrogens is 538 g/mol. The van der Waals surface area contributed by atoms with E-state index in [1.54, 1.807) is 6.07 Å². The lowest BCUT2D eigenvalue weighted by Crippen LogP contribution is -2.44. The van der Waals surface area contributed by atoms with Crippen LogP contribution in [0, 0.1) is 13.8 Å². The van der Waals surface area contributed by atoms with Gasteiger partial charge in [-0.15, -0.1) is 22.0 Å². The summed E-state index contributed by atoms with van der Waals surface area (Å²) in [5.74, 6) is 1.86. The fourth-order valence-electron chi connectivity index (χ4n) is 5.92. The molecule has 0 aliphatic carbocycles. The van der Waals surface area contributed by atoms with Crippen LogP contribution in [0.5, 0.6) is 5.75 Å². The van der Waals surface area contributed by atoms with Crippen LogP contribution in [0.4, 0.5) is 5.82 Å². The first-order chi connectivity index (χ1) is 20.5. The molecule has 6 rings (SSSR count). The predicted molar refractivity (Wildman–Crippen MR) is 172 cm³/mol. The number of thioether (sulfide) groups is 1. The highest BCUT2D eigenvalue weighted by molar-refractivity contribution is 8.00. The molecule has 1 atom stereocenters. The van der Waals surface area contributed by atoms with Crippen molar-refractivity contribution in [1.29, 1.82) is 0 Å². The molecule has 5 nitrogen and oxygen atoms in total. The number of aromatic nitrogens is 2. The Kier molecular flexibility index (Phi) is 8.27. The minimum Gasteiger partial charge on any atom is -0.507 e. The van der Waals surface area contributed by atoms with E-state index in [0.717, 1.165) is 41.4 Å². The summed E-state index contributed by atoms with van der Waals surface area (Å²) in [4.78, 5) is 2.25. The van der Waals surface area contributed by atoms with E-state index in [4.69, 9.17) is 4.74 Å². The number of ether oxygens (including phenoxy) is 1. The Morgan fingerprint density at radius 2 is 1.40 bits per heavy atom. The molecule has 1 aliphatic rings. The summed E-state index contributed by atoms with van der Waals surface area (Å²) in [5, 5.41) is 19.6. The van der Waals surface area contributed by atoms with Crippen LogP contribution in [0.1, 0.15) is 27.8 Å². The number of hydrogen-bond acceptors (Lipinski definition) is 6. The third kappa shape index (κ3) is 5.65. The number of anilines is 1. The van der Waals surface area contributed by atoms with Gasteiger partial charge in [0.1, 0.15) is 5.75 Å². The lowest BCUT2D eigenvalue weighted by atomic mass is 9.84. The maximum atomic E-state index is 10.6. The zero-order chi connectivity index (χ0) is 28.9. The molecule has 1 aromatic heterocycles. The molecule has 0 radical (unpaired) electrons. The van der Waals surface area contributed by atoms with E-state index in [0.29, 0.717) is 12.3 Å². The van der Waals surface area contributed by atoms with Crippen LogP contribution in [0.3, 0.4) is 0 Å². The van der Waals surface area contributed by atoms with Crippen molar-refractivity contribution in [2.45, 2.75) is 24.7 Å². The van der Waals surface area contributed by atoms with Crippen molar-refractivity contribution < 1.29 is 9.84 Å². The SMILES string of the molecule is Cc1cc(C)c(-c2ccc(N3CCO[C@H](CSC(c4ccccc4)(c4ccccc4)c4ccccc4)C3)nn2)c(O)c1. The summed E-state index contributed by atoms with van der Waals surface area (Å²) in [7, 11) is 0. The number of aryl methyl sites for hydroxylation is 2. The van der Waals surface area contributed by atoms with Gasteiger partial charge in [0.15, 0.2) is 5.82 Å². The van der Waals surface area contributed by atoms with E-state index < -0.39 is 0 Å². The summed E-state index contributed by atoms with van der Waals surface area (Å²) in [6, 6.07) is 40.1. The normalized spacial score (nSPS) is 15.5. The van der Waals surface area contributed by atoms with E-state index in [1.165, 1.54) is 16.7 Å². The number of morpholine rings is 1. The first-order valence-electron chi connectivity index (χ1n) is 14.4. The number of hydrogen-bond donors (Lipinski definition) is 1. The Hall–Kier alpha value is -4.13. The summed E-state index contributed by atoms with van der Waals surface area (Å²) in [6.45, 7) is 6.07. The number of rotatable bonds is 8. The van der Waals surface area contributed by atoms with Crippen molar-refractivity contribution in [3.05, 3.63) is 143 Å². The van der Waals surface area contributed by atoms with E-state index in [-0.39, 0.29) is 16.6 Å². The van der Waals surface area contributed by atoms with Gasteiger partial charge in [0, 0.05) is 24.4 Å². The van der Waals surface area contributed by atoms with Crippen molar-refractivity contribution >= 4 is 17.6 Å². The largest absolute Gasteiger partial charge is 0.507 e. The molecule has 212 valence electrons. The Bertz CT molecular complexity index is 1490. The van der Waals surface area contributed by atoms with Gasteiger partial charge in [0.2, 0.25) is 0 Å². The highest BCUT2D eigenvalue weighted by atomic mass is 32.2. The van der Waals surface area contributed by atoms with Gasteiger partial charge >= 0.3 is 0 Å². The van der Waals surface area contributed by atoms with Crippen molar-refractivity contribution in [2.75, 3.05) is 30.3 Å². The molecule has 0 spiro atoms. The second-order valence-electron chi connectivity index (χ2n) is 10.8. The molecule has 6 heteroatoms. The smallest absolute Gasteiger partial charge is 0.151 e. The van der Waals surface area contributed by atoms with Crippen LogP contribution in [-0.4, -0.2) is 46.9 Å². The average molecular weight is 574 g/mol. The summed E-state index contributed by atoms with van der Waals surface area (Å²) in [5.41, 5.74) is 7.15. The summed E-state index contributed by atoms with van der Waals surface area (Å²) < 4.78 is 5.94. The Balaban J connectivity index is 1.25. The highest BCUT2D eigenvalue weighted by Gasteiger charge is 2.38. The lowest BCUT2D eigenvalue weighted by Gasteiger charge is -2.38. The third-order valence-electron chi connectivity index (χ3n) is 7.86. The van der Waals surface area contributed by atoms with Crippen molar-refractivity contribution in [1.82, 2.24) is 10.2 Å². The molecule has 0 unspecified atom stereocenters. The minimum absolute atomic E-state index is 0.0177. The first kappa shape index (κ1) is 28.0. The van der Waals surface area contributed by atoms with E-state index >= 15 is 0 Å². The second kappa shape index (κ2) is 12.4. The number of aromatic hydroxyl groups is 1. The average Bonchev–Trinajstić information content (AvgIpc) is 3.03. The van der Waals surface area contributed by atoms with Gasteiger partial charge in [0.05, 0.1) is 23.2 Å². The first-order valence-corrected chi connectivity index (χ1v) is 15.3.